The number of aryl methyl sites for hydroxylation is 1. The van der Waals surface area contributed by atoms with Gasteiger partial charge in [-0.25, -0.2) is 0 Å². The third-order valence-electron chi connectivity index (χ3n) is 5.77. The van der Waals surface area contributed by atoms with Gasteiger partial charge in [0.15, 0.2) is 0 Å². The molecule has 0 radical (unpaired) electrons. The molecule has 0 aliphatic heterocycles. The Bertz CT molecular complexity index is 1480. The molecular weight excluding hydrogens is 405 g/mol. The van der Waals surface area contributed by atoms with Crippen molar-refractivity contribution < 1.29 is 14.4 Å². The summed E-state index contributed by atoms with van der Waals surface area (Å²) in [6.45, 7) is 2.16. The molecule has 0 saturated heterocycles. The molecule has 0 bridgehead atoms. The number of hydrogen-bond acceptors (Lipinski definition) is 1. The molecule has 1 heterocycles. The molecule has 5 rings (SSSR count). The number of benzene rings is 4. The van der Waals surface area contributed by atoms with E-state index in [1.807, 2.05) is 24.3 Å². The van der Waals surface area contributed by atoms with Crippen LogP contribution in [0, 0.1) is 0 Å². The molecule has 0 saturated carbocycles. The summed E-state index contributed by atoms with van der Waals surface area (Å²) in [5.41, 5.74) is 6.26. The molecule has 0 aliphatic carbocycles. The second kappa shape index (κ2) is 7.51. The van der Waals surface area contributed by atoms with E-state index in [4.69, 9.17) is 0 Å². The summed E-state index contributed by atoms with van der Waals surface area (Å²) in [5.74, 6) is 0. The fraction of sp³-hybridized carbons (Fsp3) is 0.0769. The molecule has 31 heavy (non-hydrogen) atoms. The highest BCUT2D eigenvalue weighted by Crippen LogP contribution is 2.36. The van der Waals surface area contributed by atoms with Crippen LogP contribution in [0.3, 0.4) is 0 Å². The van der Waals surface area contributed by atoms with Crippen LogP contribution in [0.25, 0.3) is 38.6 Å². The van der Waals surface area contributed by atoms with Gasteiger partial charge in [-0.15, -0.1) is 0 Å². The maximum Gasteiger partial charge on any atom is 0.356 e. The van der Waals surface area contributed by atoms with Crippen LogP contribution in [0.15, 0.2) is 91.0 Å². The van der Waals surface area contributed by atoms with Crippen LogP contribution in [-0.2, 0) is 11.0 Å². The van der Waals surface area contributed by atoms with E-state index in [0.29, 0.717) is 0 Å². The summed E-state index contributed by atoms with van der Waals surface area (Å²) >= 11 is 0. The highest BCUT2D eigenvalue weighted by molar-refractivity contribution is 7.60. The van der Waals surface area contributed by atoms with Crippen LogP contribution in [-0.4, -0.2) is 14.4 Å². The zero-order chi connectivity index (χ0) is 21.6. The zero-order valence-electron chi connectivity index (χ0n) is 17.1. The maximum absolute atomic E-state index is 11.7. The molecule has 4 aromatic carbocycles. The number of para-hydroxylation sites is 1. The second-order valence-corrected chi connectivity index (χ2v) is 9.31. The molecule has 0 unspecified atom stereocenters. The lowest BCUT2D eigenvalue weighted by atomic mass is 10.1. The van der Waals surface area contributed by atoms with E-state index in [9.17, 15) is 14.4 Å². The van der Waals surface area contributed by atoms with E-state index in [2.05, 4.69) is 60.0 Å². The first kappa shape index (κ1) is 19.8. The zero-order valence-corrected chi connectivity index (χ0v) is 18.0. The molecule has 0 amide bonds. The molecule has 0 spiro atoms. The quantitative estimate of drug-likeness (QED) is 0.356. The van der Waals surface area contributed by atoms with Crippen LogP contribution in [0.2, 0.25) is 0 Å². The van der Waals surface area contributed by atoms with Gasteiger partial charge in [0.05, 0.1) is 16.3 Å². The summed E-state index contributed by atoms with van der Waals surface area (Å²) < 4.78 is 14.0. The molecular formula is C26H22NO3P. The van der Waals surface area contributed by atoms with Crippen LogP contribution >= 0.6 is 7.60 Å². The Morgan fingerprint density at radius 3 is 2.23 bits per heavy atom. The summed E-state index contributed by atoms with van der Waals surface area (Å²) in [4.78, 5) is 19.1. The molecule has 1 aromatic heterocycles. The monoisotopic (exact) mass is 427 g/mol. The Morgan fingerprint density at radius 2 is 1.45 bits per heavy atom. The van der Waals surface area contributed by atoms with Gasteiger partial charge in [0.25, 0.3) is 0 Å². The Kier molecular flexibility index (Phi) is 4.79. The van der Waals surface area contributed by atoms with Crippen molar-refractivity contribution in [1.82, 2.24) is 4.57 Å². The molecule has 0 aliphatic rings. The van der Waals surface area contributed by atoms with Crippen molar-refractivity contribution >= 4 is 34.7 Å². The first-order valence-electron chi connectivity index (χ1n) is 10.2. The van der Waals surface area contributed by atoms with Gasteiger partial charge in [0.2, 0.25) is 0 Å². The minimum Gasteiger partial charge on any atom is -0.321 e. The van der Waals surface area contributed by atoms with Gasteiger partial charge in [0.1, 0.15) is 0 Å². The van der Waals surface area contributed by atoms with Crippen LogP contribution in [0.4, 0.5) is 0 Å². The van der Waals surface area contributed by atoms with E-state index < -0.39 is 7.60 Å². The second-order valence-electron chi connectivity index (χ2n) is 7.70. The first-order valence-corrected chi connectivity index (χ1v) is 11.9. The Labute approximate surface area is 180 Å². The minimum atomic E-state index is -4.30. The summed E-state index contributed by atoms with van der Waals surface area (Å²) in [7, 11) is -4.30. The predicted octanol–water partition coefficient (Wildman–Crippen LogP) is 5.82. The lowest BCUT2D eigenvalue weighted by Crippen LogP contribution is -2.03. The highest BCUT2D eigenvalue weighted by Gasteiger charge is 2.18. The van der Waals surface area contributed by atoms with Gasteiger partial charge in [-0.05, 0) is 65.6 Å². The SMILES string of the molecule is CCc1ccc2c(c1)c1ccccc1n2-c1cccc(-c2cccc(P(=O)(O)O)c2)c1. The third kappa shape index (κ3) is 3.49. The van der Waals surface area contributed by atoms with Crippen molar-refractivity contribution in [2.24, 2.45) is 0 Å². The Balaban J connectivity index is 1.73. The van der Waals surface area contributed by atoms with Gasteiger partial charge >= 0.3 is 7.60 Å². The van der Waals surface area contributed by atoms with Gasteiger partial charge < -0.3 is 14.4 Å². The fourth-order valence-electron chi connectivity index (χ4n) is 4.21. The lowest BCUT2D eigenvalue weighted by Gasteiger charge is -2.11. The van der Waals surface area contributed by atoms with Gasteiger partial charge in [-0.1, -0.05) is 55.5 Å². The first-order chi connectivity index (χ1) is 15.0. The van der Waals surface area contributed by atoms with Crippen molar-refractivity contribution in [3.63, 3.8) is 0 Å². The molecule has 0 atom stereocenters. The van der Waals surface area contributed by atoms with Crippen molar-refractivity contribution in [2.75, 3.05) is 0 Å². The van der Waals surface area contributed by atoms with E-state index in [-0.39, 0.29) is 5.30 Å². The smallest absolute Gasteiger partial charge is 0.321 e. The molecule has 5 aromatic rings. The highest BCUT2D eigenvalue weighted by atomic mass is 31.2. The standard InChI is InChI=1S/C26H22NO3P/c1-2-18-13-14-26-24(15-18)23-11-3-4-12-25(23)27(26)21-9-5-7-19(16-21)20-8-6-10-22(17-20)31(28,29)30/h3-17H,2H2,1H3,(H2,28,29,30). The van der Waals surface area contributed by atoms with E-state index in [0.717, 1.165) is 34.3 Å². The Hall–Kier alpha value is -3.17. The number of aromatic nitrogens is 1. The van der Waals surface area contributed by atoms with Crippen molar-refractivity contribution in [1.29, 1.82) is 0 Å². The van der Waals surface area contributed by atoms with E-state index in [1.165, 1.54) is 22.4 Å². The largest absolute Gasteiger partial charge is 0.356 e. The average molecular weight is 427 g/mol. The van der Waals surface area contributed by atoms with Gasteiger partial charge in [0, 0.05) is 16.5 Å². The number of fused-ring (bicyclic) bond motifs is 3. The molecule has 2 N–H and O–H groups in total. The summed E-state index contributed by atoms with van der Waals surface area (Å²) in [6, 6.07) is 29.7. The molecule has 4 nitrogen and oxygen atoms in total. The average Bonchev–Trinajstić information content (AvgIpc) is 3.12. The lowest BCUT2D eigenvalue weighted by molar-refractivity contribution is 0.387. The van der Waals surface area contributed by atoms with Gasteiger partial charge in [-0.3, -0.25) is 4.57 Å². The number of hydrogen-bond donors (Lipinski definition) is 2. The number of rotatable bonds is 4. The fourth-order valence-corrected chi connectivity index (χ4v) is 4.80. The van der Waals surface area contributed by atoms with Crippen molar-refractivity contribution in [2.45, 2.75) is 13.3 Å². The predicted molar refractivity (Wildman–Crippen MR) is 127 cm³/mol. The molecule has 5 heteroatoms. The van der Waals surface area contributed by atoms with E-state index >= 15 is 0 Å². The summed E-state index contributed by atoms with van der Waals surface area (Å²) in [5, 5.41) is 2.46. The van der Waals surface area contributed by atoms with Crippen molar-refractivity contribution in [3.8, 4) is 16.8 Å². The number of nitrogens with zero attached hydrogens (tertiary/aromatic N) is 1. The summed E-state index contributed by atoms with van der Waals surface area (Å²) in [6.07, 6.45) is 0.987. The van der Waals surface area contributed by atoms with Crippen LogP contribution < -0.4 is 5.30 Å². The molecule has 0 fully saturated rings. The maximum atomic E-state index is 11.7. The minimum absolute atomic E-state index is 0.0272. The van der Waals surface area contributed by atoms with Gasteiger partial charge in [-0.2, -0.15) is 0 Å². The Morgan fingerprint density at radius 1 is 0.742 bits per heavy atom. The van der Waals surface area contributed by atoms with E-state index in [1.54, 1.807) is 12.1 Å². The van der Waals surface area contributed by atoms with Crippen molar-refractivity contribution in [3.05, 3.63) is 96.6 Å². The van der Waals surface area contributed by atoms with Crippen LogP contribution in [0.1, 0.15) is 12.5 Å². The third-order valence-corrected chi connectivity index (χ3v) is 6.72. The normalized spacial score (nSPS) is 12.0. The topological polar surface area (TPSA) is 62.5 Å². The molecule has 154 valence electrons. The van der Waals surface area contributed by atoms with Crippen LogP contribution in [0.5, 0.6) is 0 Å².